The predicted molar refractivity (Wildman–Crippen MR) is 106 cm³/mol. The van der Waals surface area contributed by atoms with Crippen molar-refractivity contribution >= 4 is 35.8 Å². The van der Waals surface area contributed by atoms with Crippen molar-refractivity contribution in [1.29, 1.82) is 0 Å². The van der Waals surface area contributed by atoms with Crippen molar-refractivity contribution in [3.05, 3.63) is 67.5 Å². The molecule has 1 nitrogen and oxygen atoms in total. The molecule has 0 fully saturated rings. The van der Waals surface area contributed by atoms with E-state index in [-0.39, 0.29) is 72.4 Å². The molecule has 5 radical (unpaired) electrons. The Hall–Kier alpha value is 0.0112. The molecule has 1 atom stereocenters. The van der Waals surface area contributed by atoms with E-state index in [2.05, 4.69) is 33.8 Å². The smallest absolute Gasteiger partial charge is 0.508 e. The third kappa shape index (κ3) is 13.0. The number of rotatable bonds is 0. The van der Waals surface area contributed by atoms with Crippen molar-refractivity contribution < 1.29 is 26.8 Å². The van der Waals surface area contributed by atoms with Crippen molar-refractivity contribution in [1.82, 2.24) is 0 Å². The van der Waals surface area contributed by atoms with Crippen molar-refractivity contribution in [2.45, 2.75) is 34.6 Å². The zero-order valence-corrected chi connectivity index (χ0v) is 19.3. The number of aromatic hydroxyl groups is 1. The Morgan fingerprint density at radius 2 is 1.48 bits per heavy atom. The number of hydrogen-bond acceptors (Lipinski definition) is 1. The van der Waals surface area contributed by atoms with Crippen LogP contribution in [0.4, 0.5) is 0 Å². The van der Waals surface area contributed by atoms with Crippen LogP contribution in [0.2, 0.25) is 0 Å². The molecule has 0 aliphatic heterocycles. The Morgan fingerprint density at radius 1 is 1.00 bits per heavy atom. The van der Waals surface area contributed by atoms with Crippen molar-refractivity contribution in [2.75, 3.05) is 0 Å². The summed E-state index contributed by atoms with van der Waals surface area (Å²) in [5, 5.41) is 8.81. The first-order chi connectivity index (χ1) is 7.91. The van der Waals surface area contributed by atoms with Gasteiger partial charge in [0.25, 0.3) is 0 Å². The summed E-state index contributed by atoms with van der Waals surface area (Å²) in [6.45, 7) is 10.6. The summed E-state index contributed by atoms with van der Waals surface area (Å²) in [6.07, 6.45) is 3.36. The van der Waals surface area contributed by atoms with Gasteiger partial charge in [0.1, 0.15) is 5.75 Å². The number of benzene rings is 1. The maximum Gasteiger partial charge on any atom is 3.00 e. The quantitative estimate of drug-likeness (QED) is 0.426. The summed E-state index contributed by atoms with van der Waals surface area (Å²) in [7, 11) is 0. The van der Waals surface area contributed by atoms with Gasteiger partial charge in [-0.2, -0.15) is 11.1 Å². The molecular weight excluding hydrogens is 379 g/mol. The number of phenols is 1. The molecule has 1 aromatic rings. The summed E-state index contributed by atoms with van der Waals surface area (Å²) >= 11 is 0. The molecule has 129 valence electrons. The van der Waals surface area contributed by atoms with Crippen LogP contribution >= 0.6 is 24.8 Å². The summed E-state index contributed by atoms with van der Waals surface area (Å²) in [5.41, 5.74) is 5.33. The van der Waals surface area contributed by atoms with Crippen LogP contribution in [-0.2, 0) is 21.7 Å². The van der Waals surface area contributed by atoms with Crippen LogP contribution in [0.5, 0.6) is 5.75 Å². The number of aryl methyl sites for hydroxylation is 1. The zero-order valence-electron chi connectivity index (χ0n) is 15.2. The second-order valence-corrected chi connectivity index (χ2v) is 4.64. The molecule has 0 aromatic heterocycles. The van der Waals surface area contributed by atoms with Gasteiger partial charge in [-0.3, -0.25) is 6.08 Å². The van der Waals surface area contributed by atoms with E-state index in [0.29, 0.717) is 11.7 Å². The normalized spacial score (nSPS) is 13.8. The third-order valence-corrected chi connectivity index (χ3v) is 3.24. The van der Waals surface area contributed by atoms with Crippen LogP contribution in [0.3, 0.4) is 0 Å². The molecule has 1 N–H and O–H groups in total. The topological polar surface area (TPSA) is 20.2 Å². The predicted octanol–water partition coefficient (Wildman–Crippen LogP) is 5.78. The first-order valence-corrected chi connectivity index (χ1v) is 5.95. The fourth-order valence-electron chi connectivity index (χ4n) is 1.79. The maximum absolute atomic E-state index is 8.81. The summed E-state index contributed by atoms with van der Waals surface area (Å²) in [6, 6.07) is 7.15. The van der Waals surface area contributed by atoms with Crippen LogP contribution < -0.4 is 0 Å². The Labute approximate surface area is 175 Å². The number of phenolic OH excluding ortho intramolecular Hbond substituents is 1. The van der Waals surface area contributed by atoms with E-state index in [1.165, 1.54) is 16.7 Å². The van der Waals surface area contributed by atoms with Gasteiger partial charge >= 0.3 is 21.7 Å². The molecule has 1 aromatic carbocycles. The molecule has 1 aliphatic carbocycles. The second-order valence-electron chi connectivity index (χ2n) is 4.64. The molecule has 5 heteroatoms. The Kier molecular flexibility index (Phi) is 30.7. The van der Waals surface area contributed by atoms with Crippen molar-refractivity contribution in [2.24, 2.45) is 5.92 Å². The minimum absolute atomic E-state index is 0. The van der Waals surface area contributed by atoms with Gasteiger partial charge in [0.05, 0.1) is 0 Å². The first kappa shape index (κ1) is 38.5. The van der Waals surface area contributed by atoms with Gasteiger partial charge in [0.15, 0.2) is 0 Å². The van der Waals surface area contributed by atoms with Gasteiger partial charge in [0, 0.05) is 11.0 Å². The third-order valence-electron chi connectivity index (χ3n) is 3.24. The monoisotopic (exact) mass is 407 g/mol. The molecule has 0 amide bonds. The van der Waals surface area contributed by atoms with Crippen LogP contribution in [0.1, 0.15) is 33.3 Å². The van der Waals surface area contributed by atoms with Crippen LogP contribution in [0, 0.1) is 33.8 Å². The van der Waals surface area contributed by atoms with Crippen LogP contribution in [0.15, 0.2) is 41.0 Å². The summed E-state index contributed by atoms with van der Waals surface area (Å²) in [4.78, 5) is 0. The molecule has 2 rings (SSSR count). The average molecular weight is 408 g/mol. The van der Waals surface area contributed by atoms with Gasteiger partial charge in [-0.15, -0.1) is 31.7 Å². The van der Waals surface area contributed by atoms with Gasteiger partial charge in [-0.05, 0) is 24.6 Å². The standard InChI is InChI=1S/C9H13.C7H8O.2CH3.2ClH.Si.Ti/c1-6-5-7(2)9(4)8(6)3;1-6-3-2-4-7(8)5-6;;;;;;/h6H,1-4H3;2-5,8H,1H3;2*1H3;2*1H;;/q-1;;2*-1;;;;+3. The van der Waals surface area contributed by atoms with Gasteiger partial charge in [-0.1, -0.05) is 38.8 Å². The molecule has 23 heavy (non-hydrogen) atoms. The van der Waals surface area contributed by atoms with Crippen LogP contribution in [0.25, 0.3) is 0 Å². The number of halogens is 2. The van der Waals surface area contributed by atoms with E-state index in [0.717, 1.165) is 5.56 Å². The van der Waals surface area contributed by atoms with Gasteiger partial charge < -0.3 is 20.0 Å². The molecule has 0 bridgehead atoms. The second kappa shape index (κ2) is 18.4. The SMILES string of the molecule is CC1=[C-]C(C)C(C)=C1C.Cc1cccc(O)c1.Cl.Cl.[CH3-].[CH3-].[Si].[Ti+3]. The van der Waals surface area contributed by atoms with E-state index in [1.54, 1.807) is 12.1 Å². The van der Waals surface area contributed by atoms with Gasteiger partial charge in [0.2, 0.25) is 0 Å². The van der Waals surface area contributed by atoms with E-state index in [4.69, 9.17) is 5.11 Å². The Bertz CT molecular complexity index is 457. The summed E-state index contributed by atoms with van der Waals surface area (Å²) < 4.78 is 0. The van der Waals surface area contributed by atoms with E-state index >= 15 is 0 Å². The molecule has 0 saturated heterocycles. The Balaban J connectivity index is -0.0000000500. The molecule has 1 aliphatic rings. The zero-order chi connectivity index (χ0) is 13.0. The minimum Gasteiger partial charge on any atom is -0.508 e. The molecule has 0 spiro atoms. The first-order valence-electron chi connectivity index (χ1n) is 5.95. The molecular formula is C18H29Cl2OSiTi. The number of allylic oxidation sites excluding steroid dienone is 4. The fourth-order valence-corrected chi connectivity index (χ4v) is 1.79. The average Bonchev–Trinajstić information content (AvgIpc) is 2.46. The van der Waals surface area contributed by atoms with Crippen molar-refractivity contribution in [3.63, 3.8) is 0 Å². The molecule has 0 heterocycles. The minimum atomic E-state index is 0. The summed E-state index contributed by atoms with van der Waals surface area (Å²) in [5.74, 6) is 0.898. The molecule has 1 unspecified atom stereocenters. The van der Waals surface area contributed by atoms with Crippen molar-refractivity contribution in [3.8, 4) is 5.75 Å². The van der Waals surface area contributed by atoms with E-state index < -0.39 is 0 Å². The maximum atomic E-state index is 8.81. The van der Waals surface area contributed by atoms with Crippen LogP contribution in [-0.4, -0.2) is 16.1 Å². The van der Waals surface area contributed by atoms with E-state index in [9.17, 15) is 0 Å². The Morgan fingerprint density at radius 3 is 1.65 bits per heavy atom. The van der Waals surface area contributed by atoms with E-state index in [1.807, 2.05) is 19.1 Å². The largest absolute Gasteiger partial charge is 3.00 e. The fraction of sp³-hybridized carbons (Fsp3) is 0.333. The number of hydrogen-bond donors (Lipinski definition) is 1. The molecule has 0 saturated carbocycles. The van der Waals surface area contributed by atoms with Gasteiger partial charge in [-0.25, -0.2) is 5.57 Å².